The van der Waals surface area contributed by atoms with Crippen LogP contribution in [0.3, 0.4) is 0 Å². The van der Waals surface area contributed by atoms with Crippen LogP contribution in [0.25, 0.3) is 0 Å². The van der Waals surface area contributed by atoms with Crippen molar-refractivity contribution in [3.8, 4) is 0 Å². The third-order valence-corrected chi connectivity index (χ3v) is 3.49. The molecule has 1 aromatic rings. The Hall–Kier alpha value is -1.36. The highest BCUT2D eigenvalue weighted by atomic mass is 16.2. The maximum absolute atomic E-state index is 12.5. The van der Waals surface area contributed by atoms with Crippen LogP contribution >= 0.6 is 0 Å². The summed E-state index contributed by atoms with van der Waals surface area (Å²) in [5, 5.41) is 4.32. The number of nitrogens with two attached hydrogens (primary N) is 1. The average Bonchev–Trinajstić information content (AvgIpc) is 2.68. The van der Waals surface area contributed by atoms with Gasteiger partial charge in [-0.15, -0.1) is 0 Å². The van der Waals surface area contributed by atoms with Gasteiger partial charge in [0.2, 0.25) is 0 Å². The molecule has 1 aliphatic rings. The Balaban J connectivity index is 2.17. The molecule has 1 fully saturated rings. The van der Waals surface area contributed by atoms with Crippen molar-refractivity contribution in [2.45, 2.75) is 32.7 Å². The molecule has 2 unspecified atom stereocenters. The zero-order valence-corrected chi connectivity index (χ0v) is 11.4. The highest BCUT2D eigenvalue weighted by Crippen LogP contribution is 2.17. The fourth-order valence-electron chi connectivity index (χ4n) is 2.63. The van der Waals surface area contributed by atoms with Gasteiger partial charge in [-0.05, 0) is 24.8 Å². The van der Waals surface area contributed by atoms with Gasteiger partial charge in [-0.2, -0.15) is 5.10 Å². The van der Waals surface area contributed by atoms with Crippen molar-refractivity contribution >= 4 is 5.91 Å². The Morgan fingerprint density at radius 2 is 2.28 bits per heavy atom. The summed E-state index contributed by atoms with van der Waals surface area (Å²) in [4.78, 5) is 14.3. The predicted octanol–water partition coefficient (Wildman–Crippen LogP) is 0.792. The summed E-state index contributed by atoms with van der Waals surface area (Å²) in [7, 11) is 1.82. The van der Waals surface area contributed by atoms with E-state index < -0.39 is 0 Å². The fourth-order valence-corrected chi connectivity index (χ4v) is 2.63. The Labute approximate surface area is 108 Å². The SMILES string of the molecule is CCc1cc(C(=O)N2CC(C)CC(N)C2)n(C)n1. The van der Waals surface area contributed by atoms with Crippen molar-refractivity contribution in [2.24, 2.45) is 18.7 Å². The maximum Gasteiger partial charge on any atom is 0.272 e. The molecule has 18 heavy (non-hydrogen) atoms. The van der Waals surface area contributed by atoms with E-state index in [1.54, 1.807) is 4.68 Å². The van der Waals surface area contributed by atoms with Gasteiger partial charge in [-0.1, -0.05) is 13.8 Å². The lowest BCUT2D eigenvalue weighted by Gasteiger charge is -2.34. The summed E-state index contributed by atoms with van der Waals surface area (Å²) >= 11 is 0. The lowest BCUT2D eigenvalue weighted by atomic mass is 9.96. The molecule has 2 heterocycles. The molecule has 1 amide bonds. The quantitative estimate of drug-likeness (QED) is 0.844. The molecule has 2 N–H and O–H groups in total. The Bertz CT molecular complexity index is 430. The number of carbonyl (C=O) groups is 1. The molecule has 0 spiro atoms. The number of aromatic nitrogens is 2. The van der Waals surface area contributed by atoms with Crippen LogP contribution in [0.5, 0.6) is 0 Å². The largest absolute Gasteiger partial charge is 0.336 e. The summed E-state index contributed by atoms with van der Waals surface area (Å²) in [5.41, 5.74) is 7.60. The second-order valence-corrected chi connectivity index (χ2v) is 5.31. The minimum Gasteiger partial charge on any atom is -0.336 e. The normalized spacial score (nSPS) is 24.3. The van der Waals surface area contributed by atoms with Gasteiger partial charge in [0.25, 0.3) is 5.91 Å². The molecule has 0 radical (unpaired) electrons. The molecular weight excluding hydrogens is 228 g/mol. The summed E-state index contributed by atoms with van der Waals surface area (Å²) in [6.07, 6.45) is 1.84. The van der Waals surface area contributed by atoms with E-state index in [2.05, 4.69) is 12.0 Å². The van der Waals surface area contributed by atoms with E-state index in [0.717, 1.165) is 25.1 Å². The van der Waals surface area contributed by atoms with Gasteiger partial charge in [0.1, 0.15) is 5.69 Å². The first-order valence-electron chi connectivity index (χ1n) is 6.59. The number of piperidine rings is 1. The minimum absolute atomic E-state index is 0.0479. The highest BCUT2D eigenvalue weighted by molar-refractivity contribution is 5.92. The third kappa shape index (κ3) is 2.56. The molecule has 2 atom stereocenters. The van der Waals surface area contributed by atoms with Crippen LogP contribution in [-0.2, 0) is 13.5 Å². The molecule has 5 heteroatoms. The van der Waals surface area contributed by atoms with Crippen molar-refractivity contribution in [1.29, 1.82) is 0 Å². The summed E-state index contributed by atoms with van der Waals surface area (Å²) in [6, 6.07) is 1.98. The van der Waals surface area contributed by atoms with Gasteiger partial charge in [-0.25, -0.2) is 0 Å². The van der Waals surface area contributed by atoms with E-state index in [1.165, 1.54) is 0 Å². The van der Waals surface area contributed by atoms with E-state index in [9.17, 15) is 4.79 Å². The molecule has 1 aliphatic heterocycles. The van der Waals surface area contributed by atoms with Crippen LogP contribution < -0.4 is 5.73 Å². The first-order valence-corrected chi connectivity index (χ1v) is 6.59. The monoisotopic (exact) mass is 250 g/mol. The van der Waals surface area contributed by atoms with Gasteiger partial charge >= 0.3 is 0 Å². The van der Waals surface area contributed by atoms with Crippen molar-refractivity contribution in [3.63, 3.8) is 0 Å². The maximum atomic E-state index is 12.5. The smallest absolute Gasteiger partial charge is 0.272 e. The van der Waals surface area contributed by atoms with Crippen LogP contribution in [0.15, 0.2) is 6.07 Å². The fraction of sp³-hybridized carbons (Fsp3) is 0.692. The van der Waals surface area contributed by atoms with Gasteiger partial charge < -0.3 is 10.6 Å². The Morgan fingerprint density at radius 1 is 1.56 bits per heavy atom. The summed E-state index contributed by atoms with van der Waals surface area (Å²) in [6.45, 7) is 5.62. The number of hydrogen-bond donors (Lipinski definition) is 1. The molecular formula is C13H22N4O. The van der Waals surface area contributed by atoms with Gasteiger partial charge in [0.15, 0.2) is 0 Å². The minimum atomic E-state index is 0.0479. The van der Waals surface area contributed by atoms with E-state index in [-0.39, 0.29) is 11.9 Å². The summed E-state index contributed by atoms with van der Waals surface area (Å²) < 4.78 is 1.67. The van der Waals surface area contributed by atoms with Crippen LogP contribution in [0.4, 0.5) is 0 Å². The van der Waals surface area contributed by atoms with Crippen LogP contribution in [-0.4, -0.2) is 39.7 Å². The molecule has 1 saturated heterocycles. The number of aryl methyl sites for hydroxylation is 2. The first kappa shape index (κ1) is 13.1. The van der Waals surface area contributed by atoms with E-state index in [0.29, 0.717) is 18.2 Å². The number of likely N-dealkylation sites (tertiary alicyclic amines) is 1. The van der Waals surface area contributed by atoms with E-state index >= 15 is 0 Å². The zero-order valence-electron chi connectivity index (χ0n) is 11.4. The molecule has 0 saturated carbocycles. The average molecular weight is 250 g/mol. The van der Waals surface area contributed by atoms with E-state index in [4.69, 9.17) is 5.73 Å². The molecule has 5 nitrogen and oxygen atoms in total. The first-order chi connectivity index (χ1) is 8.51. The molecule has 2 rings (SSSR count). The van der Waals surface area contributed by atoms with Crippen molar-refractivity contribution < 1.29 is 4.79 Å². The molecule has 1 aromatic heterocycles. The van der Waals surface area contributed by atoms with Crippen molar-refractivity contribution in [1.82, 2.24) is 14.7 Å². The van der Waals surface area contributed by atoms with Gasteiger partial charge in [0, 0.05) is 26.2 Å². The number of nitrogens with zero attached hydrogens (tertiary/aromatic N) is 3. The van der Waals surface area contributed by atoms with Crippen LogP contribution in [0.2, 0.25) is 0 Å². The van der Waals surface area contributed by atoms with Gasteiger partial charge in [-0.3, -0.25) is 9.48 Å². The highest BCUT2D eigenvalue weighted by Gasteiger charge is 2.28. The number of amides is 1. The number of rotatable bonds is 2. The van der Waals surface area contributed by atoms with E-state index in [1.807, 2.05) is 24.9 Å². The lowest BCUT2D eigenvalue weighted by molar-refractivity contribution is 0.0650. The molecule has 0 aliphatic carbocycles. The van der Waals surface area contributed by atoms with Crippen LogP contribution in [0, 0.1) is 5.92 Å². The predicted molar refractivity (Wildman–Crippen MR) is 70.2 cm³/mol. The number of carbonyl (C=O) groups excluding carboxylic acids is 1. The zero-order chi connectivity index (χ0) is 13.3. The molecule has 0 bridgehead atoms. The third-order valence-electron chi connectivity index (χ3n) is 3.49. The van der Waals surface area contributed by atoms with Crippen LogP contribution in [0.1, 0.15) is 36.5 Å². The standard InChI is InChI=1S/C13H22N4O/c1-4-11-6-12(16(3)15-11)13(18)17-7-9(2)5-10(14)8-17/h6,9-10H,4-5,7-8,14H2,1-3H3. The lowest BCUT2D eigenvalue weighted by Crippen LogP contribution is -2.49. The topological polar surface area (TPSA) is 64.2 Å². The Kier molecular flexibility index (Phi) is 3.71. The van der Waals surface area contributed by atoms with Gasteiger partial charge in [0.05, 0.1) is 5.69 Å². The van der Waals surface area contributed by atoms with Crippen molar-refractivity contribution in [2.75, 3.05) is 13.1 Å². The second-order valence-electron chi connectivity index (χ2n) is 5.31. The number of hydrogen-bond acceptors (Lipinski definition) is 3. The molecule has 100 valence electrons. The van der Waals surface area contributed by atoms with Crippen molar-refractivity contribution in [3.05, 3.63) is 17.5 Å². The summed E-state index contributed by atoms with van der Waals surface area (Å²) in [5.74, 6) is 0.517. The molecule has 0 aromatic carbocycles. The Morgan fingerprint density at radius 3 is 2.83 bits per heavy atom. The second kappa shape index (κ2) is 5.10.